The lowest BCUT2D eigenvalue weighted by molar-refractivity contribution is -0.139. The Kier molecular flexibility index (Phi) is 10.2. The molecule has 2 N–H and O–H groups in total. The Hall–Kier alpha value is -3.45. The van der Waals surface area contributed by atoms with Gasteiger partial charge in [-0.15, -0.1) is 0 Å². The van der Waals surface area contributed by atoms with Crippen molar-refractivity contribution in [2.75, 3.05) is 42.9 Å². The fourth-order valence-electron chi connectivity index (χ4n) is 5.50. The van der Waals surface area contributed by atoms with E-state index in [1.54, 1.807) is 17.9 Å². The van der Waals surface area contributed by atoms with Gasteiger partial charge in [-0.1, -0.05) is 17.7 Å². The molecule has 4 rings (SSSR count). The summed E-state index contributed by atoms with van der Waals surface area (Å²) in [5.41, 5.74) is 0.0414. The van der Waals surface area contributed by atoms with Crippen LogP contribution in [0.25, 0.3) is 0 Å². The molecule has 234 valence electrons. The molecule has 0 spiro atoms. The van der Waals surface area contributed by atoms with E-state index in [0.717, 1.165) is 6.07 Å². The van der Waals surface area contributed by atoms with Crippen molar-refractivity contribution in [2.45, 2.75) is 57.9 Å². The fourth-order valence-corrected chi connectivity index (χ4v) is 5.66. The smallest absolute Gasteiger partial charge is 0.367 e. The molecule has 14 heteroatoms. The first-order valence-electron chi connectivity index (χ1n) is 13.9. The molecule has 2 aliphatic heterocycles. The number of anilines is 2. The fraction of sp³-hybridized carbons (Fsp3) is 0.483. The van der Waals surface area contributed by atoms with Crippen LogP contribution in [0.2, 0.25) is 5.02 Å². The zero-order chi connectivity index (χ0) is 31.5. The van der Waals surface area contributed by atoms with Crippen molar-refractivity contribution in [3.05, 3.63) is 58.1 Å². The van der Waals surface area contributed by atoms with Crippen LogP contribution in [-0.2, 0) is 16.1 Å². The molecule has 8 nitrogen and oxygen atoms in total. The number of halogens is 6. The maximum Gasteiger partial charge on any atom is 0.390 e. The summed E-state index contributed by atoms with van der Waals surface area (Å²) in [7, 11) is 0. The molecule has 0 saturated carbocycles. The second kappa shape index (κ2) is 13.5. The van der Waals surface area contributed by atoms with Crippen molar-refractivity contribution in [3.63, 3.8) is 0 Å². The monoisotopic (exact) mass is 629 g/mol. The maximum absolute atomic E-state index is 15.1. The molecule has 0 bridgehead atoms. The van der Waals surface area contributed by atoms with E-state index >= 15 is 4.39 Å². The summed E-state index contributed by atoms with van der Waals surface area (Å²) in [5.74, 6) is -4.32. The van der Waals surface area contributed by atoms with Crippen LogP contribution in [0.4, 0.5) is 33.3 Å². The summed E-state index contributed by atoms with van der Waals surface area (Å²) in [6.07, 6.45) is -4.03. The SMILES string of the molecule is CC(=O)N1CCC[C@H]1C(=O)NCc1ccc(C(=O)Nc2ccc(Cl)cc2N2CCN(CCC(F)(F)F)[C@H](C)C2)c(F)c1F. The van der Waals surface area contributed by atoms with Crippen LogP contribution in [0.1, 0.15) is 49.0 Å². The number of alkyl halides is 3. The van der Waals surface area contributed by atoms with Gasteiger partial charge in [-0.25, -0.2) is 8.78 Å². The minimum atomic E-state index is -4.25. The predicted molar refractivity (Wildman–Crippen MR) is 152 cm³/mol. The minimum absolute atomic E-state index is 0.125. The standard InChI is InChI=1S/C29H33ClF5N5O3/c1-17-16-39(13-12-38(17)11-9-29(33,34)35)24-14-20(30)6-8-22(24)37-27(42)21-7-5-19(25(31)26(21)32)15-36-28(43)23-4-3-10-40(23)18(2)41/h5-8,14,17,23H,3-4,9-13,15-16H2,1-2H3,(H,36,43)(H,37,42)/t17-,23+/m1/s1. The number of rotatable bonds is 8. The lowest BCUT2D eigenvalue weighted by atomic mass is 10.1. The van der Waals surface area contributed by atoms with Gasteiger partial charge in [0.2, 0.25) is 11.8 Å². The lowest BCUT2D eigenvalue weighted by Gasteiger charge is -2.41. The number of benzene rings is 2. The maximum atomic E-state index is 15.1. The van der Waals surface area contributed by atoms with Crippen molar-refractivity contribution in [3.8, 4) is 0 Å². The van der Waals surface area contributed by atoms with E-state index in [4.69, 9.17) is 11.6 Å². The Morgan fingerprint density at radius 1 is 1.05 bits per heavy atom. The average Bonchev–Trinajstić information content (AvgIpc) is 3.44. The molecule has 0 radical (unpaired) electrons. The summed E-state index contributed by atoms with van der Waals surface area (Å²) in [6, 6.07) is 6.05. The molecule has 43 heavy (non-hydrogen) atoms. The van der Waals surface area contributed by atoms with Gasteiger partial charge < -0.3 is 20.4 Å². The zero-order valence-electron chi connectivity index (χ0n) is 23.7. The Morgan fingerprint density at radius 2 is 1.79 bits per heavy atom. The van der Waals surface area contributed by atoms with Crippen molar-refractivity contribution in [1.29, 1.82) is 0 Å². The normalized spacial score (nSPS) is 19.4. The van der Waals surface area contributed by atoms with Crippen LogP contribution in [-0.4, -0.2) is 78.5 Å². The lowest BCUT2D eigenvalue weighted by Crippen LogP contribution is -2.52. The Balaban J connectivity index is 1.43. The summed E-state index contributed by atoms with van der Waals surface area (Å²) < 4.78 is 68.1. The third-order valence-electron chi connectivity index (χ3n) is 7.82. The molecule has 0 aliphatic carbocycles. The van der Waals surface area contributed by atoms with Crippen LogP contribution in [0.15, 0.2) is 30.3 Å². The topological polar surface area (TPSA) is 85.0 Å². The first-order valence-corrected chi connectivity index (χ1v) is 14.3. The van der Waals surface area contributed by atoms with Gasteiger partial charge in [-0.2, -0.15) is 13.2 Å². The number of hydrogen-bond acceptors (Lipinski definition) is 5. The molecule has 2 atom stereocenters. The van der Waals surface area contributed by atoms with E-state index in [1.807, 2.05) is 4.90 Å². The highest BCUT2D eigenvalue weighted by atomic mass is 35.5. The van der Waals surface area contributed by atoms with Crippen LogP contribution < -0.4 is 15.5 Å². The first-order chi connectivity index (χ1) is 20.2. The number of carbonyl (C=O) groups excluding carboxylic acids is 3. The zero-order valence-corrected chi connectivity index (χ0v) is 24.5. The third kappa shape index (κ3) is 7.94. The highest BCUT2D eigenvalue weighted by Gasteiger charge is 2.33. The van der Waals surface area contributed by atoms with Gasteiger partial charge in [0.1, 0.15) is 6.04 Å². The van der Waals surface area contributed by atoms with E-state index in [9.17, 15) is 31.9 Å². The number of amides is 3. The molecular weight excluding hydrogens is 597 g/mol. The number of nitrogens with zero attached hydrogens (tertiary/aromatic N) is 3. The molecule has 2 aromatic carbocycles. The number of hydrogen-bond donors (Lipinski definition) is 2. The first kappa shape index (κ1) is 32.5. The molecular formula is C29H33ClF5N5O3. The summed E-state index contributed by atoms with van der Waals surface area (Å²) >= 11 is 6.20. The molecule has 2 aromatic rings. The van der Waals surface area contributed by atoms with Crippen molar-refractivity contribution >= 4 is 40.7 Å². The van der Waals surface area contributed by atoms with Gasteiger partial charge in [0, 0.05) is 62.8 Å². The van der Waals surface area contributed by atoms with Gasteiger partial charge in [0.25, 0.3) is 5.91 Å². The predicted octanol–water partition coefficient (Wildman–Crippen LogP) is 4.96. The van der Waals surface area contributed by atoms with Gasteiger partial charge in [-0.3, -0.25) is 19.3 Å². The molecule has 2 heterocycles. The second-order valence-electron chi connectivity index (χ2n) is 10.8. The molecule has 2 fully saturated rings. The molecule has 0 aromatic heterocycles. The second-order valence-corrected chi connectivity index (χ2v) is 11.2. The largest absolute Gasteiger partial charge is 0.390 e. The summed E-state index contributed by atoms with van der Waals surface area (Å²) in [4.78, 5) is 42.4. The van der Waals surface area contributed by atoms with Gasteiger partial charge in [-0.05, 0) is 44.0 Å². The Bertz CT molecular complexity index is 1370. The molecule has 2 aliphatic rings. The highest BCUT2D eigenvalue weighted by Crippen LogP contribution is 2.32. The molecule has 0 unspecified atom stereocenters. The van der Waals surface area contributed by atoms with Crippen LogP contribution in [0, 0.1) is 11.6 Å². The van der Waals surface area contributed by atoms with E-state index in [1.165, 1.54) is 30.0 Å². The number of nitrogens with one attached hydrogen (secondary N) is 2. The van der Waals surface area contributed by atoms with E-state index < -0.39 is 47.7 Å². The highest BCUT2D eigenvalue weighted by molar-refractivity contribution is 6.31. The van der Waals surface area contributed by atoms with Gasteiger partial charge in [0.15, 0.2) is 11.6 Å². The summed E-state index contributed by atoms with van der Waals surface area (Å²) in [6.45, 7) is 4.23. The summed E-state index contributed by atoms with van der Waals surface area (Å²) in [5, 5.41) is 5.49. The van der Waals surface area contributed by atoms with E-state index in [-0.39, 0.29) is 36.3 Å². The minimum Gasteiger partial charge on any atom is -0.367 e. The van der Waals surface area contributed by atoms with Crippen molar-refractivity contribution in [2.24, 2.45) is 0 Å². The number of piperazine rings is 1. The number of carbonyl (C=O) groups is 3. The number of likely N-dealkylation sites (tertiary alicyclic amines) is 1. The molecule has 2 saturated heterocycles. The van der Waals surface area contributed by atoms with Gasteiger partial charge in [0.05, 0.1) is 23.4 Å². The average molecular weight is 630 g/mol. The van der Waals surface area contributed by atoms with Crippen LogP contribution in [0.3, 0.4) is 0 Å². The van der Waals surface area contributed by atoms with E-state index in [2.05, 4.69) is 10.6 Å². The quantitative estimate of drug-likeness (QED) is 0.404. The van der Waals surface area contributed by atoms with Crippen LogP contribution >= 0.6 is 11.6 Å². The Morgan fingerprint density at radius 3 is 2.47 bits per heavy atom. The molecule has 3 amide bonds. The van der Waals surface area contributed by atoms with Crippen molar-refractivity contribution in [1.82, 2.24) is 15.1 Å². The van der Waals surface area contributed by atoms with E-state index in [0.29, 0.717) is 49.7 Å². The van der Waals surface area contributed by atoms with Gasteiger partial charge >= 0.3 is 6.18 Å². The van der Waals surface area contributed by atoms with Crippen molar-refractivity contribution < 1.29 is 36.3 Å². The Labute approximate surface area is 251 Å². The van der Waals surface area contributed by atoms with Crippen LogP contribution in [0.5, 0.6) is 0 Å². The third-order valence-corrected chi connectivity index (χ3v) is 8.05.